The molecule has 15 heavy (non-hydrogen) atoms. The van der Waals surface area contributed by atoms with Crippen molar-refractivity contribution in [2.75, 3.05) is 13.1 Å². The maximum Gasteiger partial charge on any atom is 0.0670 e. The number of nitrogens with zero attached hydrogens (tertiary/aromatic N) is 1. The summed E-state index contributed by atoms with van der Waals surface area (Å²) >= 11 is 6.18. The molecule has 3 heteroatoms. The van der Waals surface area contributed by atoms with Crippen LogP contribution in [0.4, 0.5) is 0 Å². The zero-order chi connectivity index (χ0) is 10.7. The van der Waals surface area contributed by atoms with Gasteiger partial charge in [-0.25, -0.2) is 0 Å². The van der Waals surface area contributed by atoms with E-state index in [2.05, 4.69) is 35.1 Å². The topological polar surface area (TPSA) is 17.0 Å². The Balaban J connectivity index is 2.27. The van der Waals surface area contributed by atoms with Gasteiger partial charge >= 0.3 is 0 Å². The number of nitrogens with one attached hydrogen (secondary N) is 1. The van der Waals surface area contributed by atoms with Crippen LogP contribution in [-0.2, 0) is 6.54 Å². The van der Waals surface area contributed by atoms with Gasteiger partial charge in [0, 0.05) is 24.7 Å². The lowest BCUT2D eigenvalue weighted by Crippen LogP contribution is -2.18. The Morgan fingerprint density at radius 1 is 1.33 bits per heavy atom. The number of likely N-dealkylation sites (N-methyl/N-ethyl adjacent to an activating group) is 1. The van der Waals surface area contributed by atoms with E-state index in [0.29, 0.717) is 0 Å². The summed E-state index contributed by atoms with van der Waals surface area (Å²) in [5.41, 5.74) is 1.14. The molecule has 2 aromatic rings. The molecule has 0 spiro atoms. The van der Waals surface area contributed by atoms with Crippen molar-refractivity contribution in [3.63, 3.8) is 0 Å². The van der Waals surface area contributed by atoms with Gasteiger partial charge in [0.05, 0.1) is 10.5 Å². The Morgan fingerprint density at radius 3 is 3.00 bits per heavy atom. The van der Waals surface area contributed by atoms with Gasteiger partial charge in [-0.15, -0.1) is 0 Å². The summed E-state index contributed by atoms with van der Waals surface area (Å²) in [5.74, 6) is 0. The molecule has 0 fully saturated rings. The maximum atomic E-state index is 6.18. The van der Waals surface area contributed by atoms with Gasteiger partial charge in [-0.2, -0.15) is 0 Å². The molecule has 0 aliphatic heterocycles. The molecule has 0 saturated heterocycles. The SMILES string of the molecule is CCNCCn1ccc2cccc(Cl)c21. The van der Waals surface area contributed by atoms with Crippen molar-refractivity contribution in [2.45, 2.75) is 13.5 Å². The minimum absolute atomic E-state index is 0.828. The third-order valence-corrected chi connectivity index (χ3v) is 2.82. The third-order valence-electron chi connectivity index (χ3n) is 2.52. The molecule has 1 aromatic heterocycles. The van der Waals surface area contributed by atoms with E-state index < -0.39 is 0 Å². The number of fused-ring (bicyclic) bond motifs is 1. The van der Waals surface area contributed by atoms with Crippen molar-refractivity contribution >= 4 is 22.5 Å². The fourth-order valence-electron chi connectivity index (χ4n) is 1.78. The summed E-state index contributed by atoms with van der Waals surface area (Å²) < 4.78 is 2.19. The molecule has 0 amide bonds. The highest BCUT2D eigenvalue weighted by Gasteiger charge is 2.03. The van der Waals surface area contributed by atoms with Crippen molar-refractivity contribution in [1.29, 1.82) is 0 Å². The Kier molecular flexibility index (Phi) is 3.29. The van der Waals surface area contributed by atoms with Crippen LogP contribution < -0.4 is 5.32 Å². The van der Waals surface area contributed by atoms with E-state index in [1.54, 1.807) is 0 Å². The zero-order valence-corrected chi connectivity index (χ0v) is 9.59. The second kappa shape index (κ2) is 4.69. The molecule has 0 atom stereocenters. The van der Waals surface area contributed by atoms with Crippen LogP contribution in [0.3, 0.4) is 0 Å². The summed E-state index contributed by atoms with van der Waals surface area (Å²) in [7, 11) is 0. The quantitative estimate of drug-likeness (QED) is 0.788. The molecule has 0 saturated carbocycles. The van der Waals surface area contributed by atoms with Crippen LogP contribution in [-0.4, -0.2) is 17.7 Å². The molecule has 0 bridgehead atoms. The number of para-hydroxylation sites is 1. The smallest absolute Gasteiger partial charge is 0.0670 e. The lowest BCUT2D eigenvalue weighted by molar-refractivity contribution is 0.627. The molecule has 0 aliphatic rings. The minimum atomic E-state index is 0.828. The average Bonchev–Trinajstić information content (AvgIpc) is 2.63. The van der Waals surface area contributed by atoms with Crippen molar-refractivity contribution in [1.82, 2.24) is 9.88 Å². The van der Waals surface area contributed by atoms with E-state index in [4.69, 9.17) is 11.6 Å². The van der Waals surface area contributed by atoms with Crippen molar-refractivity contribution in [3.8, 4) is 0 Å². The molecule has 80 valence electrons. The molecule has 1 N–H and O–H groups in total. The predicted octanol–water partition coefficient (Wildman–Crippen LogP) is 2.90. The Labute approximate surface area is 94.8 Å². The molecule has 2 rings (SSSR count). The van der Waals surface area contributed by atoms with E-state index >= 15 is 0 Å². The Morgan fingerprint density at radius 2 is 2.20 bits per heavy atom. The van der Waals surface area contributed by atoms with Gasteiger partial charge < -0.3 is 9.88 Å². The number of benzene rings is 1. The number of aromatic nitrogens is 1. The van der Waals surface area contributed by atoms with Gasteiger partial charge in [0.2, 0.25) is 0 Å². The molecule has 0 radical (unpaired) electrons. The predicted molar refractivity (Wildman–Crippen MR) is 65.5 cm³/mol. The second-order valence-electron chi connectivity index (χ2n) is 3.54. The standard InChI is InChI=1S/C12H15ClN2/c1-2-14-7-9-15-8-6-10-4-3-5-11(13)12(10)15/h3-6,8,14H,2,7,9H2,1H3. The molecular formula is C12H15ClN2. The summed E-state index contributed by atoms with van der Waals surface area (Å²) in [6.45, 7) is 5.06. The molecule has 1 aromatic carbocycles. The third kappa shape index (κ3) is 2.16. The highest BCUT2D eigenvalue weighted by Crippen LogP contribution is 2.23. The lowest BCUT2D eigenvalue weighted by atomic mass is 10.2. The first-order valence-corrected chi connectivity index (χ1v) is 5.65. The minimum Gasteiger partial charge on any atom is -0.345 e. The van der Waals surface area contributed by atoms with Gasteiger partial charge in [0.15, 0.2) is 0 Å². The van der Waals surface area contributed by atoms with E-state index in [-0.39, 0.29) is 0 Å². The van der Waals surface area contributed by atoms with Crippen LogP contribution in [0.2, 0.25) is 5.02 Å². The highest BCUT2D eigenvalue weighted by molar-refractivity contribution is 6.35. The molecule has 0 aliphatic carbocycles. The first-order valence-electron chi connectivity index (χ1n) is 5.27. The van der Waals surface area contributed by atoms with E-state index in [0.717, 1.165) is 30.2 Å². The summed E-state index contributed by atoms with van der Waals surface area (Å²) in [5, 5.41) is 5.34. The zero-order valence-electron chi connectivity index (χ0n) is 8.83. The highest BCUT2D eigenvalue weighted by atomic mass is 35.5. The molecular weight excluding hydrogens is 208 g/mol. The maximum absolute atomic E-state index is 6.18. The van der Waals surface area contributed by atoms with Gasteiger partial charge in [-0.1, -0.05) is 30.7 Å². The fraction of sp³-hybridized carbons (Fsp3) is 0.333. The molecule has 2 nitrogen and oxygen atoms in total. The van der Waals surface area contributed by atoms with Gasteiger partial charge in [0.1, 0.15) is 0 Å². The first kappa shape index (κ1) is 10.5. The molecule has 1 heterocycles. The van der Waals surface area contributed by atoms with Crippen LogP contribution in [0.5, 0.6) is 0 Å². The second-order valence-corrected chi connectivity index (χ2v) is 3.95. The number of hydrogen-bond acceptors (Lipinski definition) is 1. The Bertz CT molecular complexity index is 448. The van der Waals surface area contributed by atoms with Crippen LogP contribution in [0.15, 0.2) is 30.5 Å². The van der Waals surface area contributed by atoms with E-state index in [1.165, 1.54) is 5.39 Å². The Hall–Kier alpha value is -0.990. The first-order chi connectivity index (χ1) is 7.33. The van der Waals surface area contributed by atoms with Crippen molar-refractivity contribution < 1.29 is 0 Å². The van der Waals surface area contributed by atoms with Gasteiger partial charge in [0.25, 0.3) is 0 Å². The van der Waals surface area contributed by atoms with Crippen LogP contribution in [0.25, 0.3) is 10.9 Å². The summed E-state index contributed by atoms with van der Waals surface area (Å²) in [6, 6.07) is 8.12. The number of rotatable bonds is 4. The van der Waals surface area contributed by atoms with E-state index in [1.807, 2.05) is 12.1 Å². The van der Waals surface area contributed by atoms with Crippen LogP contribution >= 0.6 is 11.6 Å². The summed E-state index contributed by atoms with van der Waals surface area (Å²) in [4.78, 5) is 0. The largest absolute Gasteiger partial charge is 0.345 e. The summed E-state index contributed by atoms with van der Waals surface area (Å²) in [6.07, 6.45) is 2.09. The van der Waals surface area contributed by atoms with Crippen molar-refractivity contribution in [2.24, 2.45) is 0 Å². The number of halogens is 1. The molecule has 0 unspecified atom stereocenters. The van der Waals surface area contributed by atoms with E-state index in [9.17, 15) is 0 Å². The number of hydrogen-bond donors (Lipinski definition) is 1. The normalized spacial score (nSPS) is 11.1. The monoisotopic (exact) mass is 222 g/mol. The van der Waals surface area contributed by atoms with Crippen LogP contribution in [0, 0.1) is 0 Å². The lowest BCUT2D eigenvalue weighted by Gasteiger charge is -2.06. The fourth-order valence-corrected chi connectivity index (χ4v) is 2.07. The van der Waals surface area contributed by atoms with Crippen molar-refractivity contribution in [3.05, 3.63) is 35.5 Å². The van der Waals surface area contributed by atoms with Gasteiger partial charge in [-0.3, -0.25) is 0 Å². The van der Waals surface area contributed by atoms with Crippen LogP contribution in [0.1, 0.15) is 6.92 Å². The van der Waals surface area contributed by atoms with Gasteiger partial charge in [-0.05, 0) is 18.7 Å². The average molecular weight is 223 g/mol.